The Morgan fingerprint density at radius 3 is 1.93 bits per heavy atom. The van der Waals surface area contributed by atoms with Crippen LogP contribution in [0.2, 0.25) is 0 Å². The van der Waals surface area contributed by atoms with Crippen LogP contribution in [-0.2, 0) is 26.8 Å². The fourth-order valence-corrected chi connectivity index (χ4v) is 8.77. The van der Waals surface area contributed by atoms with E-state index in [1.54, 1.807) is 12.1 Å². The van der Waals surface area contributed by atoms with Crippen LogP contribution in [0, 0.1) is 26.2 Å². The molecule has 1 heterocycles. The average molecular weight is 842 g/mol. The summed E-state index contributed by atoms with van der Waals surface area (Å²) >= 11 is 0. The minimum atomic E-state index is -4.62. The Morgan fingerprint density at radius 2 is 1.38 bits per heavy atom. The summed E-state index contributed by atoms with van der Waals surface area (Å²) in [7, 11) is -8.92. The van der Waals surface area contributed by atoms with Crippen LogP contribution < -0.4 is 9.80 Å². The highest BCUT2D eigenvalue weighted by Gasteiger charge is 2.30. The maximum absolute atomic E-state index is 12.6. The van der Waals surface area contributed by atoms with Crippen LogP contribution in [0.15, 0.2) is 150 Å². The molecule has 0 radical (unpaired) electrons. The zero-order valence-electron chi connectivity index (χ0n) is 34.4. The molecule has 0 spiro atoms. The van der Waals surface area contributed by atoms with Crippen molar-refractivity contribution >= 4 is 48.2 Å². The molecule has 1 atom stereocenters. The number of rotatable bonds is 17. The number of aryl methyl sites for hydroxylation is 3. The fraction of sp³-hybridized carbons (Fsp3) is 0.224. The van der Waals surface area contributed by atoms with Crippen molar-refractivity contribution in [2.24, 2.45) is 0 Å². The van der Waals surface area contributed by atoms with E-state index in [1.165, 1.54) is 23.3 Å². The quantitative estimate of drug-likeness (QED) is 0.0529. The smallest absolute Gasteiger partial charge is 0.294 e. The molecule has 0 saturated carbocycles. The highest BCUT2D eigenvalue weighted by molar-refractivity contribution is 7.86. The van der Waals surface area contributed by atoms with Crippen LogP contribution in [0.5, 0.6) is 0 Å². The van der Waals surface area contributed by atoms with Gasteiger partial charge in [-0.2, -0.15) is 16.8 Å². The molecule has 310 valence electrons. The minimum absolute atomic E-state index is 0.0298. The van der Waals surface area contributed by atoms with Crippen LogP contribution in [0.1, 0.15) is 48.4 Å². The molecule has 0 fully saturated rings. The Bertz CT molecular complexity index is 2750. The number of hydrogen-bond donors (Lipinski definition) is 2. The molecule has 9 nitrogen and oxygen atoms in total. The number of hydrogen-bond acceptors (Lipinski definition) is 6. The lowest BCUT2D eigenvalue weighted by Gasteiger charge is -2.26. The van der Waals surface area contributed by atoms with Crippen molar-refractivity contribution in [1.29, 1.82) is 0 Å². The first-order valence-corrected chi connectivity index (χ1v) is 23.0. The zero-order chi connectivity index (χ0) is 43.0. The van der Waals surface area contributed by atoms with Gasteiger partial charge in [-0.3, -0.25) is 9.11 Å². The van der Waals surface area contributed by atoms with Gasteiger partial charge in [-0.25, -0.2) is 0 Å². The van der Waals surface area contributed by atoms with Gasteiger partial charge in [0.1, 0.15) is 0 Å². The number of anilines is 3. The van der Waals surface area contributed by atoms with Crippen LogP contribution in [0.3, 0.4) is 0 Å². The third-order valence-electron chi connectivity index (χ3n) is 10.7. The van der Waals surface area contributed by atoms with Gasteiger partial charge < -0.3 is 14.4 Å². The molecule has 6 aromatic rings. The molecule has 0 saturated heterocycles. The first-order valence-electron chi connectivity index (χ1n) is 19.9. The summed E-state index contributed by atoms with van der Waals surface area (Å²) in [5.74, 6) is 1.76. The summed E-state index contributed by atoms with van der Waals surface area (Å²) in [5, 5.41) is 0.684. The van der Waals surface area contributed by atoms with E-state index in [9.17, 15) is 25.9 Å². The predicted molar refractivity (Wildman–Crippen MR) is 245 cm³/mol. The number of fused-ring (bicyclic) bond motifs is 1. The first kappa shape index (κ1) is 43.7. The summed E-state index contributed by atoms with van der Waals surface area (Å²) in [6.45, 7) is 10.5. The Kier molecular flexibility index (Phi) is 13.8. The summed E-state index contributed by atoms with van der Waals surface area (Å²) in [4.78, 5) is 4.18. The molecule has 11 heteroatoms. The van der Waals surface area contributed by atoms with E-state index in [-0.39, 0.29) is 17.9 Å². The van der Waals surface area contributed by atoms with Gasteiger partial charge in [0.2, 0.25) is 0 Å². The Morgan fingerprint density at radius 1 is 0.783 bits per heavy atom. The van der Waals surface area contributed by atoms with Gasteiger partial charge in [-0.15, -0.1) is 6.42 Å². The molecule has 1 unspecified atom stereocenters. The third-order valence-corrected chi connectivity index (χ3v) is 12.3. The van der Waals surface area contributed by atoms with Gasteiger partial charge in [0.15, 0.2) is 0 Å². The fourth-order valence-electron chi connectivity index (χ4n) is 7.78. The second kappa shape index (κ2) is 19.0. The van der Waals surface area contributed by atoms with Crippen LogP contribution >= 0.6 is 0 Å². The summed E-state index contributed by atoms with van der Waals surface area (Å²) in [6, 6.07) is 39.2. The van der Waals surface area contributed by atoms with Crippen molar-refractivity contribution in [3.63, 3.8) is 0 Å². The van der Waals surface area contributed by atoms with E-state index in [4.69, 9.17) is 6.42 Å². The van der Waals surface area contributed by atoms with Gasteiger partial charge in [0, 0.05) is 54.5 Å². The predicted octanol–water partition coefficient (Wildman–Crippen LogP) is 10.4. The number of terminal acetylenes is 1. The molecule has 1 aromatic heterocycles. The van der Waals surface area contributed by atoms with Crippen molar-refractivity contribution < 1.29 is 25.9 Å². The number of benzene rings is 5. The van der Waals surface area contributed by atoms with E-state index in [0.29, 0.717) is 23.1 Å². The first-order chi connectivity index (χ1) is 28.7. The van der Waals surface area contributed by atoms with Gasteiger partial charge in [-0.05, 0) is 111 Å². The number of allylic oxidation sites excluding steroid dienone is 3. The van der Waals surface area contributed by atoms with Gasteiger partial charge >= 0.3 is 0 Å². The minimum Gasteiger partial charge on any atom is -0.368 e. The Labute approximate surface area is 354 Å². The molecule has 5 aromatic carbocycles. The van der Waals surface area contributed by atoms with Gasteiger partial charge in [0.25, 0.3) is 20.2 Å². The van der Waals surface area contributed by atoms with Crippen LogP contribution in [0.25, 0.3) is 22.2 Å². The number of nitrogens with zero attached hydrogens (tertiary/aromatic N) is 3. The molecule has 0 aliphatic carbocycles. The van der Waals surface area contributed by atoms with Crippen molar-refractivity contribution in [2.45, 2.75) is 51.5 Å². The number of aromatic nitrogens is 1. The van der Waals surface area contributed by atoms with Gasteiger partial charge in [0.05, 0.1) is 21.9 Å². The lowest BCUT2D eigenvalue weighted by atomic mass is 9.81. The van der Waals surface area contributed by atoms with Crippen molar-refractivity contribution in [3.8, 4) is 23.6 Å². The van der Waals surface area contributed by atoms with E-state index < -0.39 is 31.9 Å². The highest BCUT2D eigenvalue weighted by Crippen LogP contribution is 2.46. The van der Waals surface area contributed by atoms with Crippen molar-refractivity contribution in [1.82, 2.24) is 4.57 Å². The van der Waals surface area contributed by atoms with E-state index in [0.717, 1.165) is 52.4 Å². The molecule has 0 aliphatic heterocycles. The maximum Gasteiger partial charge on any atom is 0.294 e. The second-order valence-corrected chi connectivity index (χ2v) is 17.8. The average Bonchev–Trinajstić information content (AvgIpc) is 3.54. The molecular weight excluding hydrogens is 791 g/mol. The Balaban J connectivity index is 1.61. The summed E-state index contributed by atoms with van der Waals surface area (Å²) in [5.41, 5.74) is 9.97. The topological polar surface area (TPSA) is 120 Å². The largest absolute Gasteiger partial charge is 0.368 e. The molecule has 0 amide bonds. The molecular formula is C49H51N3O6S2. The monoisotopic (exact) mass is 841 g/mol. The summed E-state index contributed by atoms with van der Waals surface area (Å²) < 4.78 is 70.9. The third kappa shape index (κ3) is 10.3. The van der Waals surface area contributed by atoms with Gasteiger partial charge in [-0.1, -0.05) is 102 Å². The van der Waals surface area contributed by atoms with Crippen molar-refractivity contribution in [3.05, 3.63) is 167 Å². The van der Waals surface area contributed by atoms with E-state index in [1.807, 2.05) is 41.0 Å². The molecule has 60 heavy (non-hydrogen) atoms. The Hall–Kier alpha value is -5.90. The number of likely N-dealkylation sites (N-methyl/N-ethyl adjacent to an activating group) is 1. The lowest BCUT2D eigenvalue weighted by Crippen LogP contribution is -2.22. The lowest BCUT2D eigenvalue weighted by molar-refractivity contribution is 0.478. The molecule has 6 rings (SSSR count). The highest BCUT2D eigenvalue weighted by atomic mass is 32.2. The standard InChI is InChI=1S/C49H51N3O6S2/c1-6-14-38(17-12-32-50(7-2)41-24-18-36(4)19-25-41)47(39-22-28-43(29-23-39)51(8-3)42-26-20-37(5)21-27-42)48-45-31-30-44(60(56,57)58)35-46(45)52(33-13-34-59(53,54)55)49(48)40-15-10-9-11-16-40/h1,9-12,14-31,35,47H,7-8,13,32-34H2,2-5H3,(H,53,54,55)(H,56,57,58)/b17-12-,38-14+. The van der Waals surface area contributed by atoms with E-state index in [2.05, 4.69) is 122 Å². The summed E-state index contributed by atoms with van der Waals surface area (Å²) in [6.07, 6.45) is 12.0. The molecule has 2 N–H and O–H groups in total. The van der Waals surface area contributed by atoms with Crippen molar-refractivity contribution in [2.75, 3.05) is 35.2 Å². The molecule has 0 bridgehead atoms. The van der Waals surface area contributed by atoms with Crippen LogP contribution in [-0.4, -0.2) is 55.9 Å². The zero-order valence-corrected chi connectivity index (χ0v) is 36.0. The normalized spacial score (nSPS) is 12.8. The molecule has 0 aliphatic rings. The second-order valence-electron chi connectivity index (χ2n) is 14.8. The maximum atomic E-state index is 12.6. The SMILES string of the molecule is C#C/C=C(\C=C/CN(CC)c1ccc(C)cc1)C(c1ccc(N(CC)c2ccc(C)cc2)cc1)c1c(-c2ccccc2)n(CCCS(=O)(=O)O)c2cc(S(=O)(=O)O)ccc12. The van der Waals surface area contributed by atoms with E-state index >= 15 is 0 Å². The van der Waals surface area contributed by atoms with Crippen LogP contribution in [0.4, 0.5) is 17.1 Å².